The topological polar surface area (TPSA) is 32.7 Å². The molecule has 1 fully saturated rings. The Kier molecular flexibility index (Phi) is 4.93. The van der Waals surface area contributed by atoms with Crippen LogP contribution in [0.4, 0.5) is 5.69 Å². The Hall–Kier alpha value is -2.33. The molecule has 26 heavy (non-hydrogen) atoms. The van der Waals surface area contributed by atoms with Crippen LogP contribution in [0.3, 0.4) is 0 Å². The third-order valence-electron chi connectivity index (χ3n) is 4.84. The number of aryl methyl sites for hydroxylation is 1. The van der Waals surface area contributed by atoms with E-state index in [1.54, 1.807) is 16.7 Å². The first-order valence-corrected chi connectivity index (χ1v) is 10.1. The molecule has 4 heteroatoms. The van der Waals surface area contributed by atoms with E-state index in [1.807, 2.05) is 30.3 Å². The maximum atomic E-state index is 12.5. The molecule has 4 rings (SSSR count). The van der Waals surface area contributed by atoms with Gasteiger partial charge in [-0.3, -0.25) is 14.7 Å². The van der Waals surface area contributed by atoms with Crippen molar-refractivity contribution in [3.05, 3.63) is 71.8 Å². The van der Waals surface area contributed by atoms with E-state index in [2.05, 4.69) is 37.3 Å². The van der Waals surface area contributed by atoms with Gasteiger partial charge in [0.25, 0.3) is 0 Å². The molecular weight excluding hydrogens is 340 g/mol. The SMILES string of the molecule is Cc1ccc(N2C(=O)CSC2=NC2CCCC=C2c2ccccc2)cc1. The molecule has 0 saturated carbocycles. The Morgan fingerprint density at radius 2 is 1.85 bits per heavy atom. The quantitative estimate of drug-likeness (QED) is 0.764. The molecule has 1 aliphatic carbocycles. The second-order valence-corrected chi connectivity index (χ2v) is 7.68. The largest absolute Gasteiger partial charge is 0.273 e. The number of nitrogens with zero attached hydrogens (tertiary/aromatic N) is 2. The van der Waals surface area contributed by atoms with E-state index in [9.17, 15) is 4.79 Å². The number of amidine groups is 1. The molecule has 1 saturated heterocycles. The molecule has 1 atom stereocenters. The highest BCUT2D eigenvalue weighted by molar-refractivity contribution is 8.15. The molecule has 0 bridgehead atoms. The molecule has 1 heterocycles. The van der Waals surface area contributed by atoms with Crippen LogP contribution in [0.1, 0.15) is 30.4 Å². The van der Waals surface area contributed by atoms with Gasteiger partial charge in [0, 0.05) is 0 Å². The van der Waals surface area contributed by atoms with Crippen molar-refractivity contribution in [2.45, 2.75) is 32.2 Å². The first-order chi connectivity index (χ1) is 12.7. The van der Waals surface area contributed by atoms with Crippen LogP contribution >= 0.6 is 11.8 Å². The summed E-state index contributed by atoms with van der Waals surface area (Å²) in [5.74, 6) is 0.572. The monoisotopic (exact) mass is 362 g/mol. The fraction of sp³-hybridized carbons (Fsp3) is 0.273. The van der Waals surface area contributed by atoms with Gasteiger partial charge in [-0.15, -0.1) is 0 Å². The molecule has 132 valence electrons. The zero-order valence-electron chi connectivity index (χ0n) is 14.9. The molecular formula is C22H22N2OS. The van der Waals surface area contributed by atoms with Crippen molar-refractivity contribution >= 4 is 34.1 Å². The number of hydrogen-bond donors (Lipinski definition) is 0. The van der Waals surface area contributed by atoms with E-state index < -0.39 is 0 Å². The van der Waals surface area contributed by atoms with Crippen molar-refractivity contribution < 1.29 is 4.79 Å². The molecule has 3 nitrogen and oxygen atoms in total. The Balaban J connectivity index is 1.67. The van der Waals surface area contributed by atoms with Gasteiger partial charge in [-0.2, -0.15) is 0 Å². The Bertz CT molecular complexity index is 855. The van der Waals surface area contributed by atoms with Gasteiger partial charge in [0.05, 0.1) is 17.5 Å². The molecule has 0 aromatic heterocycles. The third-order valence-corrected chi connectivity index (χ3v) is 5.77. The van der Waals surface area contributed by atoms with Gasteiger partial charge in [-0.05, 0) is 49.5 Å². The van der Waals surface area contributed by atoms with Crippen LogP contribution in [0.25, 0.3) is 5.57 Å². The van der Waals surface area contributed by atoms with Crippen molar-refractivity contribution in [3.8, 4) is 0 Å². The molecule has 1 amide bonds. The van der Waals surface area contributed by atoms with Crippen LogP contribution in [-0.2, 0) is 4.79 Å². The average Bonchev–Trinajstić information content (AvgIpc) is 3.04. The lowest BCUT2D eigenvalue weighted by molar-refractivity contribution is -0.115. The summed E-state index contributed by atoms with van der Waals surface area (Å²) >= 11 is 1.55. The van der Waals surface area contributed by atoms with Gasteiger partial charge in [0.15, 0.2) is 5.17 Å². The van der Waals surface area contributed by atoms with E-state index in [1.165, 1.54) is 16.7 Å². The Morgan fingerprint density at radius 3 is 2.62 bits per heavy atom. The van der Waals surface area contributed by atoms with Crippen molar-refractivity contribution in [2.75, 3.05) is 10.7 Å². The second-order valence-electron chi connectivity index (χ2n) is 6.74. The van der Waals surface area contributed by atoms with E-state index in [0.29, 0.717) is 5.75 Å². The first kappa shape index (κ1) is 17.1. The summed E-state index contributed by atoms with van der Waals surface area (Å²) < 4.78 is 0. The predicted octanol–water partition coefficient (Wildman–Crippen LogP) is 5.07. The number of aliphatic imine (C=N–C) groups is 1. The van der Waals surface area contributed by atoms with Crippen LogP contribution < -0.4 is 4.90 Å². The van der Waals surface area contributed by atoms with Gasteiger partial charge < -0.3 is 0 Å². The average molecular weight is 362 g/mol. The number of benzene rings is 2. The van der Waals surface area contributed by atoms with Gasteiger partial charge in [0.2, 0.25) is 5.91 Å². The number of allylic oxidation sites excluding steroid dienone is 1. The predicted molar refractivity (Wildman–Crippen MR) is 111 cm³/mol. The van der Waals surface area contributed by atoms with Crippen LogP contribution in [0.5, 0.6) is 0 Å². The van der Waals surface area contributed by atoms with Crippen LogP contribution in [-0.4, -0.2) is 22.9 Å². The molecule has 0 spiro atoms. The fourth-order valence-corrected chi connectivity index (χ4v) is 4.39. The minimum absolute atomic E-state index is 0.110. The highest BCUT2D eigenvalue weighted by atomic mass is 32.2. The second kappa shape index (κ2) is 7.50. The number of carbonyl (C=O) groups excluding carboxylic acids is 1. The molecule has 0 N–H and O–H groups in total. The fourth-order valence-electron chi connectivity index (χ4n) is 3.47. The summed E-state index contributed by atoms with van der Waals surface area (Å²) in [6.45, 7) is 2.05. The molecule has 2 aromatic carbocycles. The lowest BCUT2D eigenvalue weighted by atomic mass is 9.89. The van der Waals surface area contributed by atoms with E-state index in [4.69, 9.17) is 4.99 Å². The number of anilines is 1. The zero-order chi connectivity index (χ0) is 17.9. The smallest absolute Gasteiger partial charge is 0.243 e. The number of rotatable bonds is 3. The lowest BCUT2D eigenvalue weighted by Crippen LogP contribution is -2.30. The number of thioether (sulfide) groups is 1. The summed E-state index contributed by atoms with van der Waals surface area (Å²) in [6, 6.07) is 18.7. The Morgan fingerprint density at radius 1 is 1.08 bits per heavy atom. The van der Waals surface area contributed by atoms with Crippen LogP contribution in [0.2, 0.25) is 0 Å². The first-order valence-electron chi connectivity index (χ1n) is 9.08. The highest BCUT2D eigenvalue weighted by Gasteiger charge is 2.31. The highest BCUT2D eigenvalue weighted by Crippen LogP contribution is 2.33. The maximum Gasteiger partial charge on any atom is 0.243 e. The molecule has 1 unspecified atom stereocenters. The van der Waals surface area contributed by atoms with Gasteiger partial charge >= 0.3 is 0 Å². The van der Waals surface area contributed by atoms with Crippen molar-refractivity contribution in [1.82, 2.24) is 0 Å². The summed E-state index contributed by atoms with van der Waals surface area (Å²) in [5.41, 5.74) is 4.62. The van der Waals surface area contributed by atoms with Gasteiger partial charge in [-0.1, -0.05) is 65.9 Å². The zero-order valence-corrected chi connectivity index (χ0v) is 15.7. The summed E-state index contributed by atoms with van der Waals surface area (Å²) in [5, 5.41) is 0.826. The van der Waals surface area contributed by atoms with Crippen molar-refractivity contribution in [1.29, 1.82) is 0 Å². The molecule has 2 aliphatic rings. The number of amides is 1. The van der Waals surface area contributed by atoms with Crippen LogP contribution in [0.15, 0.2) is 65.7 Å². The standard InChI is InChI=1S/C22H22N2OS/c1-16-11-13-18(14-12-16)24-21(25)15-26-22(24)23-20-10-6-5-9-19(20)17-7-3-2-4-8-17/h2-4,7-9,11-14,20H,5-6,10,15H2,1H3. The van der Waals surface area contributed by atoms with Crippen molar-refractivity contribution in [3.63, 3.8) is 0 Å². The summed E-state index contributed by atoms with van der Waals surface area (Å²) in [6.07, 6.45) is 5.58. The van der Waals surface area contributed by atoms with E-state index >= 15 is 0 Å². The normalized spacial score (nSPS) is 22.0. The minimum Gasteiger partial charge on any atom is -0.273 e. The lowest BCUT2D eigenvalue weighted by Gasteiger charge is -2.24. The Labute approximate surface area is 158 Å². The molecule has 1 aliphatic heterocycles. The van der Waals surface area contributed by atoms with Gasteiger partial charge in [0.1, 0.15) is 0 Å². The number of carbonyl (C=O) groups is 1. The third kappa shape index (κ3) is 3.47. The minimum atomic E-state index is 0.110. The van der Waals surface area contributed by atoms with E-state index in [-0.39, 0.29) is 11.9 Å². The molecule has 0 radical (unpaired) electrons. The van der Waals surface area contributed by atoms with Crippen LogP contribution in [0, 0.1) is 6.92 Å². The molecule has 2 aromatic rings. The number of hydrogen-bond acceptors (Lipinski definition) is 3. The summed E-state index contributed by atoms with van der Waals surface area (Å²) in [4.78, 5) is 19.3. The van der Waals surface area contributed by atoms with Crippen molar-refractivity contribution in [2.24, 2.45) is 4.99 Å². The van der Waals surface area contributed by atoms with Gasteiger partial charge in [-0.25, -0.2) is 0 Å². The summed E-state index contributed by atoms with van der Waals surface area (Å²) in [7, 11) is 0. The van der Waals surface area contributed by atoms with E-state index in [0.717, 1.165) is 30.1 Å². The maximum absolute atomic E-state index is 12.5.